The van der Waals surface area contributed by atoms with Crippen LogP contribution in [0.15, 0.2) is 30.3 Å². The van der Waals surface area contributed by atoms with Crippen LogP contribution in [0.25, 0.3) is 0 Å². The minimum absolute atomic E-state index is 0.0221. The highest BCUT2D eigenvalue weighted by atomic mass is 35.5. The molecule has 0 radical (unpaired) electrons. The van der Waals surface area contributed by atoms with E-state index in [0.29, 0.717) is 0 Å². The van der Waals surface area contributed by atoms with Gasteiger partial charge in [0, 0.05) is 9.75 Å². The lowest BCUT2D eigenvalue weighted by molar-refractivity contribution is 1.10. The maximum atomic E-state index is 6.56. The monoisotopic (exact) mass is 250 g/mol. The Bertz CT molecular complexity index is 499. The normalized spacial score (nSPS) is 12.8. The molecule has 1 aromatic heterocycles. The molecule has 84 valence electrons. The molecule has 2 heteroatoms. The third-order valence-electron chi connectivity index (χ3n) is 2.81. The zero-order chi connectivity index (χ0) is 11.7. The molecule has 0 amide bonds. The third-order valence-corrected chi connectivity index (χ3v) is 4.27. The topological polar surface area (TPSA) is 0 Å². The Kier molecular flexibility index (Phi) is 3.36. The van der Waals surface area contributed by atoms with Crippen molar-refractivity contribution in [2.75, 3.05) is 0 Å². The van der Waals surface area contributed by atoms with Crippen LogP contribution in [0.4, 0.5) is 0 Å². The molecule has 2 rings (SSSR count). The van der Waals surface area contributed by atoms with Crippen molar-refractivity contribution >= 4 is 22.9 Å². The van der Waals surface area contributed by atoms with E-state index in [-0.39, 0.29) is 5.38 Å². The molecule has 2 aromatic rings. The van der Waals surface area contributed by atoms with Crippen molar-refractivity contribution < 1.29 is 0 Å². The Morgan fingerprint density at radius 3 is 2.31 bits per heavy atom. The van der Waals surface area contributed by atoms with Crippen molar-refractivity contribution in [3.63, 3.8) is 0 Å². The molecule has 0 saturated heterocycles. The van der Waals surface area contributed by atoms with Gasteiger partial charge in [0.2, 0.25) is 0 Å². The van der Waals surface area contributed by atoms with E-state index < -0.39 is 0 Å². The van der Waals surface area contributed by atoms with Gasteiger partial charge in [-0.1, -0.05) is 24.3 Å². The molecule has 1 aromatic carbocycles. The first-order valence-corrected chi connectivity index (χ1v) is 6.61. The molecule has 0 saturated carbocycles. The smallest absolute Gasteiger partial charge is 0.0848 e. The summed E-state index contributed by atoms with van der Waals surface area (Å²) in [5.41, 5.74) is 3.72. The Labute approximate surface area is 106 Å². The van der Waals surface area contributed by atoms with Crippen molar-refractivity contribution in [2.45, 2.75) is 26.1 Å². The molecular formula is C14H15ClS. The van der Waals surface area contributed by atoms with Gasteiger partial charge in [0.1, 0.15) is 0 Å². The van der Waals surface area contributed by atoms with Crippen molar-refractivity contribution in [3.8, 4) is 0 Å². The van der Waals surface area contributed by atoms with Gasteiger partial charge in [-0.3, -0.25) is 0 Å². The predicted molar refractivity (Wildman–Crippen MR) is 72.7 cm³/mol. The van der Waals surface area contributed by atoms with Crippen LogP contribution in [0, 0.1) is 20.8 Å². The summed E-state index contributed by atoms with van der Waals surface area (Å²) >= 11 is 8.38. The number of alkyl halides is 1. The van der Waals surface area contributed by atoms with Crippen molar-refractivity contribution in [1.82, 2.24) is 0 Å². The Balaban J connectivity index is 2.43. The highest BCUT2D eigenvalue weighted by molar-refractivity contribution is 7.12. The number of halogens is 1. The number of aryl methyl sites for hydroxylation is 3. The number of hydrogen-bond acceptors (Lipinski definition) is 1. The summed E-state index contributed by atoms with van der Waals surface area (Å²) in [5, 5.41) is -0.0221. The summed E-state index contributed by atoms with van der Waals surface area (Å²) in [4.78, 5) is 2.65. The van der Waals surface area contributed by atoms with Crippen molar-refractivity contribution in [2.24, 2.45) is 0 Å². The first-order chi connectivity index (χ1) is 7.59. The van der Waals surface area contributed by atoms with Gasteiger partial charge in [0.25, 0.3) is 0 Å². The second kappa shape index (κ2) is 4.60. The lowest BCUT2D eigenvalue weighted by Crippen LogP contribution is -1.95. The molecule has 0 aliphatic carbocycles. The van der Waals surface area contributed by atoms with Gasteiger partial charge < -0.3 is 0 Å². The molecule has 1 atom stereocenters. The standard InChI is InChI=1S/C14H15ClS/c1-9-6-4-5-7-12(9)14(15)13-8-10(2)16-11(13)3/h4-8,14H,1-3H3. The summed E-state index contributed by atoms with van der Waals surface area (Å²) < 4.78 is 0. The molecule has 0 spiro atoms. The zero-order valence-corrected chi connectivity index (χ0v) is 11.3. The number of rotatable bonds is 2. The fraction of sp³-hybridized carbons (Fsp3) is 0.286. The average molecular weight is 251 g/mol. The molecule has 0 aliphatic rings. The number of benzene rings is 1. The van der Waals surface area contributed by atoms with Crippen LogP contribution in [-0.4, -0.2) is 0 Å². The van der Waals surface area contributed by atoms with Crippen LogP contribution in [0.1, 0.15) is 31.8 Å². The molecule has 0 fully saturated rings. The Hall–Kier alpha value is -0.790. The number of thiophene rings is 1. The predicted octanol–water partition coefficient (Wildman–Crippen LogP) is 5.00. The quantitative estimate of drug-likeness (QED) is 0.658. The van der Waals surface area contributed by atoms with Crippen molar-refractivity contribution in [3.05, 3.63) is 56.8 Å². The molecule has 0 N–H and O–H groups in total. The fourth-order valence-electron chi connectivity index (χ4n) is 1.94. The summed E-state index contributed by atoms with van der Waals surface area (Å²) in [6, 6.07) is 10.5. The Morgan fingerprint density at radius 1 is 1.06 bits per heavy atom. The van der Waals surface area contributed by atoms with Gasteiger partial charge >= 0.3 is 0 Å². The summed E-state index contributed by atoms with van der Waals surface area (Å²) in [7, 11) is 0. The van der Waals surface area contributed by atoms with Gasteiger partial charge in [-0.25, -0.2) is 0 Å². The van der Waals surface area contributed by atoms with Gasteiger partial charge in [-0.15, -0.1) is 22.9 Å². The summed E-state index contributed by atoms with van der Waals surface area (Å²) in [6.07, 6.45) is 0. The van der Waals surface area contributed by atoms with E-state index in [1.54, 1.807) is 0 Å². The molecule has 0 aliphatic heterocycles. The number of hydrogen-bond donors (Lipinski definition) is 0. The van der Waals surface area contributed by atoms with Crippen LogP contribution >= 0.6 is 22.9 Å². The maximum absolute atomic E-state index is 6.56. The van der Waals surface area contributed by atoms with Crippen LogP contribution in [-0.2, 0) is 0 Å². The van der Waals surface area contributed by atoms with Gasteiger partial charge in [0.05, 0.1) is 5.38 Å². The minimum atomic E-state index is -0.0221. The molecule has 0 nitrogen and oxygen atoms in total. The SMILES string of the molecule is Cc1cc(C(Cl)c2ccccc2C)c(C)s1. The van der Waals surface area contributed by atoms with E-state index in [4.69, 9.17) is 11.6 Å². The van der Waals surface area contributed by atoms with E-state index >= 15 is 0 Å². The van der Waals surface area contributed by atoms with Crippen LogP contribution in [0.5, 0.6) is 0 Å². The van der Waals surface area contributed by atoms with Gasteiger partial charge in [-0.2, -0.15) is 0 Å². The van der Waals surface area contributed by atoms with E-state index in [0.717, 1.165) is 0 Å². The fourth-order valence-corrected chi connectivity index (χ4v) is 3.44. The first kappa shape index (κ1) is 11.7. The Morgan fingerprint density at radius 2 is 1.75 bits per heavy atom. The van der Waals surface area contributed by atoms with E-state index in [2.05, 4.69) is 39.0 Å². The first-order valence-electron chi connectivity index (χ1n) is 5.36. The molecular weight excluding hydrogens is 236 g/mol. The van der Waals surface area contributed by atoms with Crippen LogP contribution < -0.4 is 0 Å². The summed E-state index contributed by atoms with van der Waals surface area (Å²) in [5.74, 6) is 0. The summed E-state index contributed by atoms with van der Waals surface area (Å²) in [6.45, 7) is 6.38. The largest absolute Gasteiger partial charge is 0.146 e. The maximum Gasteiger partial charge on any atom is 0.0848 e. The molecule has 1 heterocycles. The van der Waals surface area contributed by atoms with E-state index in [1.165, 1.54) is 26.4 Å². The lowest BCUT2D eigenvalue weighted by atomic mass is 10.0. The molecule has 1 unspecified atom stereocenters. The van der Waals surface area contributed by atoms with Crippen LogP contribution in [0.3, 0.4) is 0 Å². The zero-order valence-electron chi connectivity index (χ0n) is 9.75. The highest BCUT2D eigenvalue weighted by Gasteiger charge is 2.16. The third kappa shape index (κ3) is 2.16. The highest BCUT2D eigenvalue weighted by Crippen LogP contribution is 2.36. The van der Waals surface area contributed by atoms with Gasteiger partial charge in [0.15, 0.2) is 0 Å². The van der Waals surface area contributed by atoms with E-state index in [9.17, 15) is 0 Å². The van der Waals surface area contributed by atoms with Crippen molar-refractivity contribution in [1.29, 1.82) is 0 Å². The van der Waals surface area contributed by atoms with Gasteiger partial charge in [-0.05, 0) is 43.5 Å². The second-order valence-electron chi connectivity index (χ2n) is 4.09. The molecule has 16 heavy (non-hydrogen) atoms. The lowest BCUT2D eigenvalue weighted by Gasteiger charge is -2.12. The van der Waals surface area contributed by atoms with Crippen LogP contribution in [0.2, 0.25) is 0 Å². The van der Waals surface area contributed by atoms with E-state index in [1.807, 2.05) is 23.5 Å². The minimum Gasteiger partial charge on any atom is -0.146 e. The average Bonchev–Trinajstić information content (AvgIpc) is 2.58. The second-order valence-corrected chi connectivity index (χ2v) is 5.98. The molecule has 0 bridgehead atoms.